The summed E-state index contributed by atoms with van der Waals surface area (Å²) in [5.74, 6) is -0.0619. The zero-order chi connectivity index (χ0) is 21.7. The zero-order valence-corrected chi connectivity index (χ0v) is 18.2. The molecule has 0 atom stereocenters. The van der Waals surface area contributed by atoms with Crippen LogP contribution in [0.15, 0.2) is 60.7 Å². The number of benzene rings is 2. The topological polar surface area (TPSA) is 53.1 Å². The number of methoxy groups -OCH3 is 1. The number of hydrogen-bond donors (Lipinski definition) is 0. The summed E-state index contributed by atoms with van der Waals surface area (Å²) in [4.78, 5) is 32.3. The fourth-order valence-electron chi connectivity index (χ4n) is 4.71. The van der Waals surface area contributed by atoms with Gasteiger partial charge in [-0.3, -0.25) is 9.69 Å². The molecule has 2 aliphatic rings. The molecule has 0 saturated carbocycles. The number of rotatable bonds is 8. The van der Waals surface area contributed by atoms with E-state index >= 15 is 0 Å². The molecule has 0 aliphatic carbocycles. The molecule has 2 aliphatic heterocycles. The Balaban J connectivity index is 1.48. The van der Waals surface area contributed by atoms with Crippen LogP contribution in [0.5, 0.6) is 0 Å². The monoisotopic (exact) mass is 421 g/mol. The van der Waals surface area contributed by atoms with E-state index in [1.807, 2.05) is 41.3 Å². The molecular formula is C25H31N3O3. The first-order chi connectivity index (χ1) is 15.1. The van der Waals surface area contributed by atoms with Crippen LogP contribution in [0.25, 0.3) is 0 Å². The highest BCUT2D eigenvalue weighted by atomic mass is 16.5. The number of carbonyl (C=O) groups excluding carboxylic acids is 2. The molecular weight excluding hydrogens is 390 g/mol. The van der Waals surface area contributed by atoms with Crippen LogP contribution in [0.4, 0.5) is 4.79 Å². The summed E-state index contributed by atoms with van der Waals surface area (Å²) in [6.07, 6.45) is 2.33. The predicted molar refractivity (Wildman–Crippen MR) is 120 cm³/mol. The Morgan fingerprint density at radius 1 is 0.871 bits per heavy atom. The van der Waals surface area contributed by atoms with Crippen molar-refractivity contribution in [3.8, 4) is 0 Å². The molecule has 3 amide bonds. The lowest BCUT2D eigenvalue weighted by Gasteiger charge is -2.42. The van der Waals surface area contributed by atoms with Crippen molar-refractivity contribution in [1.82, 2.24) is 14.7 Å². The van der Waals surface area contributed by atoms with Crippen LogP contribution in [-0.2, 0) is 22.5 Å². The van der Waals surface area contributed by atoms with E-state index in [4.69, 9.17) is 4.74 Å². The number of likely N-dealkylation sites (tertiary alicyclic amines) is 1. The molecule has 4 rings (SSSR count). The van der Waals surface area contributed by atoms with Gasteiger partial charge in [0.2, 0.25) is 0 Å². The van der Waals surface area contributed by atoms with Gasteiger partial charge in [-0.05, 0) is 30.4 Å². The Hall–Kier alpha value is -2.70. The number of imide groups is 1. The predicted octanol–water partition coefficient (Wildman–Crippen LogP) is 3.17. The van der Waals surface area contributed by atoms with Crippen LogP contribution in [0.1, 0.15) is 24.0 Å². The SMILES string of the molecule is COCCN1C(=O)N(Cc2ccccc2)C2(CCN(CCc3ccccc3)CC2)C1=O. The molecule has 2 aromatic carbocycles. The second-order valence-corrected chi connectivity index (χ2v) is 8.41. The summed E-state index contributed by atoms with van der Waals surface area (Å²) in [5.41, 5.74) is 1.62. The van der Waals surface area contributed by atoms with Gasteiger partial charge in [-0.15, -0.1) is 0 Å². The lowest BCUT2D eigenvalue weighted by Crippen LogP contribution is -2.56. The smallest absolute Gasteiger partial charge is 0.328 e. The molecule has 2 aromatic rings. The van der Waals surface area contributed by atoms with Gasteiger partial charge in [0.05, 0.1) is 13.2 Å². The number of urea groups is 1. The van der Waals surface area contributed by atoms with E-state index in [-0.39, 0.29) is 11.9 Å². The molecule has 164 valence electrons. The van der Waals surface area contributed by atoms with Gasteiger partial charge in [0.1, 0.15) is 5.54 Å². The molecule has 31 heavy (non-hydrogen) atoms. The molecule has 2 heterocycles. The largest absolute Gasteiger partial charge is 0.383 e. The summed E-state index contributed by atoms with van der Waals surface area (Å²) in [6, 6.07) is 20.2. The lowest BCUT2D eigenvalue weighted by molar-refractivity contribution is -0.136. The summed E-state index contributed by atoms with van der Waals surface area (Å²) < 4.78 is 5.15. The fourth-order valence-corrected chi connectivity index (χ4v) is 4.71. The average molecular weight is 422 g/mol. The van der Waals surface area contributed by atoms with Crippen LogP contribution >= 0.6 is 0 Å². The van der Waals surface area contributed by atoms with Crippen LogP contribution in [0.3, 0.4) is 0 Å². The molecule has 1 spiro atoms. The first-order valence-electron chi connectivity index (χ1n) is 11.1. The van der Waals surface area contributed by atoms with Crippen molar-refractivity contribution < 1.29 is 14.3 Å². The highest BCUT2D eigenvalue weighted by Gasteiger charge is 2.57. The number of carbonyl (C=O) groups is 2. The summed E-state index contributed by atoms with van der Waals surface area (Å²) >= 11 is 0. The first kappa shape index (κ1) is 21.5. The van der Waals surface area contributed by atoms with Crippen molar-refractivity contribution in [2.75, 3.05) is 39.9 Å². The van der Waals surface area contributed by atoms with Crippen molar-refractivity contribution in [3.63, 3.8) is 0 Å². The van der Waals surface area contributed by atoms with Crippen molar-refractivity contribution in [3.05, 3.63) is 71.8 Å². The number of amides is 3. The highest BCUT2D eigenvalue weighted by Crippen LogP contribution is 2.38. The Labute approximate surface area is 184 Å². The minimum atomic E-state index is -0.746. The van der Waals surface area contributed by atoms with Crippen molar-refractivity contribution in [1.29, 1.82) is 0 Å². The molecule has 2 fully saturated rings. The van der Waals surface area contributed by atoms with Crippen LogP contribution in [0, 0.1) is 0 Å². The Morgan fingerprint density at radius 3 is 2.10 bits per heavy atom. The third-order valence-electron chi connectivity index (χ3n) is 6.57. The third kappa shape index (κ3) is 4.50. The van der Waals surface area contributed by atoms with Gasteiger partial charge in [-0.1, -0.05) is 60.7 Å². The van der Waals surface area contributed by atoms with Gasteiger partial charge in [-0.25, -0.2) is 4.79 Å². The van der Waals surface area contributed by atoms with Crippen LogP contribution in [0.2, 0.25) is 0 Å². The Bertz CT molecular complexity index is 879. The second kappa shape index (κ2) is 9.62. The van der Waals surface area contributed by atoms with Crippen molar-refractivity contribution in [2.24, 2.45) is 0 Å². The second-order valence-electron chi connectivity index (χ2n) is 8.41. The zero-order valence-electron chi connectivity index (χ0n) is 18.2. The molecule has 0 unspecified atom stereocenters. The highest BCUT2D eigenvalue weighted by molar-refractivity contribution is 6.07. The van der Waals surface area contributed by atoms with Gasteiger partial charge >= 0.3 is 6.03 Å². The summed E-state index contributed by atoms with van der Waals surface area (Å²) in [5, 5.41) is 0. The molecule has 0 bridgehead atoms. The number of hydrogen-bond acceptors (Lipinski definition) is 4. The van der Waals surface area contributed by atoms with Gasteiger partial charge in [0.25, 0.3) is 5.91 Å². The van der Waals surface area contributed by atoms with Crippen molar-refractivity contribution in [2.45, 2.75) is 31.3 Å². The van der Waals surface area contributed by atoms with Gasteiger partial charge in [0, 0.05) is 33.3 Å². The first-order valence-corrected chi connectivity index (χ1v) is 11.1. The van der Waals surface area contributed by atoms with E-state index in [1.54, 1.807) is 7.11 Å². The van der Waals surface area contributed by atoms with Crippen LogP contribution in [-0.4, -0.2) is 72.1 Å². The molecule has 6 nitrogen and oxygen atoms in total. The average Bonchev–Trinajstić information content (AvgIpc) is 3.00. The maximum atomic E-state index is 13.5. The van der Waals surface area contributed by atoms with Gasteiger partial charge in [-0.2, -0.15) is 0 Å². The van der Waals surface area contributed by atoms with E-state index in [2.05, 4.69) is 29.2 Å². The quantitative estimate of drug-likeness (QED) is 0.615. The van der Waals surface area contributed by atoms with Gasteiger partial charge in [0.15, 0.2) is 0 Å². The molecule has 0 radical (unpaired) electrons. The molecule has 6 heteroatoms. The maximum absolute atomic E-state index is 13.5. The maximum Gasteiger partial charge on any atom is 0.328 e. The number of piperidine rings is 1. The molecule has 2 saturated heterocycles. The van der Waals surface area contributed by atoms with E-state index in [9.17, 15) is 9.59 Å². The minimum Gasteiger partial charge on any atom is -0.383 e. The third-order valence-corrected chi connectivity index (χ3v) is 6.57. The minimum absolute atomic E-state index is 0.0619. The van der Waals surface area contributed by atoms with Gasteiger partial charge < -0.3 is 14.5 Å². The van der Waals surface area contributed by atoms with E-state index in [1.165, 1.54) is 10.5 Å². The Morgan fingerprint density at radius 2 is 1.48 bits per heavy atom. The number of ether oxygens (including phenoxy) is 1. The normalized spacial score (nSPS) is 18.9. The Kier molecular flexibility index (Phi) is 6.68. The lowest BCUT2D eigenvalue weighted by atomic mass is 9.85. The standard InChI is InChI=1S/C25H31N3O3/c1-31-19-18-27-23(29)25(28(24(27)30)20-22-10-6-3-7-11-22)13-16-26(17-14-25)15-12-21-8-4-2-5-9-21/h2-11H,12-20H2,1H3. The van der Waals surface area contributed by atoms with E-state index < -0.39 is 5.54 Å². The summed E-state index contributed by atoms with van der Waals surface area (Å²) in [7, 11) is 1.59. The van der Waals surface area contributed by atoms with Crippen LogP contribution < -0.4 is 0 Å². The summed E-state index contributed by atoms with van der Waals surface area (Å²) in [6.45, 7) is 3.71. The fraction of sp³-hybridized carbons (Fsp3) is 0.440. The van der Waals surface area contributed by atoms with E-state index in [0.717, 1.165) is 31.6 Å². The van der Waals surface area contributed by atoms with Crippen molar-refractivity contribution >= 4 is 11.9 Å². The molecule has 0 aromatic heterocycles. The van der Waals surface area contributed by atoms with E-state index in [0.29, 0.717) is 32.5 Å². The molecule has 0 N–H and O–H groups in total. The number of nitrogens with zero attached hydrogens (tertiary/aromatic N) is 3.